The van der Waals surface area contributed by atoms with E-state index in [0.29, 0.717) is 0 Å². The van der Waals surface area contributed by atoms with Crippen LogP contribution in [0.25, 0.3) is 12.2 Å². The number of ketones is 2. The topological polar surface area (TPSA) is 74.6 Å². The van der Waals surface area contributed by atoms with E-state index in [1.807, 2.05) is 36.7 Å². The molecule has 2 N–H and O–H groups in total. The Bertz CT molecular complexity index is 1020. The summed E-state index contributed by atoms with van der Waals surface area (Å²) in [6.07, 6.45) is 6.05. The van der Waals surface area contributed by atoms with Crippen LogP contribution in [0, 0.1) is 13.8 Å². The maximum absolute atomic E-state index is 12.5. The largest absolute Gasteiger partial charge is 0.507 e. The lowest BCUT2D eigenvalue weighted by Crippen LogP contribution is -2.01. The fourth-order valence-corrected chi connectivity index (χ4v) is 4.20. The highest BCUT2D eigenvalue weighted by Gasteiger charge is 2.17. The molecular weight excluding hydrogens is 392 g/mol. The average Bonchev–Trinajstić information content (AvgIpc) is 3.25. The summed E-state index contributed by atoms with van der Waals surface area (Å²) in [5.74, 6) is -1.63. The highest BCUT2D eigenvalue weighted by molar-refractivity contribution is 7.11. The van der Waals surface area contributed by atoms with Crippen molar-refractivity contribution < 1.29 is 19.8 Å². The van der Waals surface area contributed by atoms with Crippen molar-refractivity contribution in [1.82, 2.24) is 0 Å². The zero-order chi connectivity index (χ0) is 20.3. The van der Waals surface area contributed by atoms with Gasteiger partial charge in [0.15, 0.2) is 11.6 Å². The molecule has 0 saturated carbocycles. The van der Waals surface area contributed by atoms with Gasteiger partial charge in [0.2, 0.25) is 0 Å². The zero-order valence-electron chi connectivity index (χ0n) is 15.3. The molecule has 1 aromatic carbocycles. The first-order chi connectivity index (χ1) is 13.4. The predicted molar refractivity (Wildman–Crippen MR) is 115 cm³/mol. The summed E-state index contributed by atoms with van der Waals surface area (Å²) < 4.78 is 0. The Morgan fingerprint density at radius 3 is 1.57 bits per heavy atom. The van der Waals surface area contributed by atoms with Crippen molar-refractivity contribution in [1.29, 1.82) is 0 Å². The zero-order valence-corrected chi connectivity index (χ0v) is 16.9. The highest BCUT2D eigenvalue weighted by Crippen LogP contribution is 2.29. The van der Waals surface area contributed by atoms with E-state index in [2.05, 4.69) is 0 Å². The van der Waals surface area contributed by atoms with Crippen LogP contribution in [0.1, 0.15) is 41.6 Å². The monoisotopic (exact) mass is 410 g/mol. The van der Waals surface area contributed by atoms with Crippen molar-refractivity contribution in [3.8, 4) is 11.5 Å². The van der Waals surface area contributed by atoms with Crippen LogP contribution in [0.2, 0.25) is 0 Å². The number of phenols is 2. The molecule has 142 valence electrons. The molecule has 4 nitrogen and oxygen atoms in total. The van der Waals surface area contributed by atoms with Crippen molar-refractivity contribution >= 4 is 46.4 Å². The third-order valence-electron chi connectivity index (χ3n) is 4.22. The van der Waals surface area contributed by atoms with Crippen LogP contribution in [0.4, 0.5) is 0 Å². The third kappa shape index (κ3) is 4.30. The van der Waals surface area contributed by atoms with Crippen LogP contribution in [0.5, 0.6) is 11.5 Å². The molecule has 0 fully saturated rings. The first-order valence-electron chi connectivity index (χ1n) is 8.46. The number of phenolic OH excluding ortho intramolecular Hbond substituents is 2. The number of carbonyl (C=O) groups is 2. The van der Waals surface area contributed by atoms with Crippen LogP contribution in [0.15, 0.2) is 47.2 Å². The van der Waals surface area contributed by atoms with Gasteiger partial charge in [-0.3, -0.25) is 9.59 Å². The third-order valence-corrected chi connectivity index (χ3v) is 6.19. The Balaban J connectivity index is 1.87. The number of carbonyl (C=O) groups excluding carboxylic acids is 2. The Kier molecular flexibility index (Phi) is 5.92. The number of benzene rings is 1. The maximum atomic E-state index is 12.5. The molecule has 0 aliphatic carbocycles. The van der Waals surface area contributed by atoms with Crippen LogP contribution in [-0.2, 0) is 0 Å². The summed E-state index contributed by atoms with van der Waals surface area (Å²) in [4.78, 5) is 26.9. The van der Waals surface area contributed by atoms with Gasteiger partial charge in [-0.25, -0.2) is 0 Å². The molecule has 0 amide bonds. The van der Waals surface area contributed by atoms with E-state index >= 15 is 0 Å². The quantitative estimate of drug-likeness (QED) is 0.408. The van der Waals surface area contributed by atoms with Crippen LogP contribution >= 0.6 is 22.7 Å². The molecule has 3 rings (SSSR count). The molecule has 0 unspecified atom stereocenters. The van der Waals surface area contributed by atoms with Gasteiger partial charge < -0.3 is 10.2 Å². The summed E-state index contributed by atoms with van der Waals surface area (Å²) in [6.45, 7) is 3.88. The molecule has 6 heteroatoms. The van der Waals surface area contributed by atoms with Gasteiger partial charge in [-0.05, 0) is 78.2 Å². The van der Waals surface area contributed by atoms with E-state index < -0.39 is 11.6 Å². The summed E-state index contributed by atoms with van der Waals surface area (Å²) in [7, 11) is 0. The normalized spacial score (nSPS) is 11.5. The van der Waals surface area contributed by atoms with Gasteiger partial charge >= 0.3 is 0 Å². The Hall–Kier alpha value is -2.96. The standard InChI is InChI=1S/C22H18O4S2/c1-13-7-9-27-21(13)5-3-17(23)15-11-16(20(26)12-19(15)25)18(24)4-6-22-14(2)8-10-28-22/h3-12,25-26H,1-2H3/b5-3+,6-4+. The first-order valence-corrected chi connectivity index (χ1v) is 10.2. The Morgan fingerprint density at radius 1 is 0.786 bits per heavy atom. The fraction of sp³-hybridized carbons (Fsp3) is 0.0909. The number of allylic oxidation sites excluding steroid dienone is 2. The second kappa shape index (κ2) is 8.37. The lowest BCUT2D eigenvalue weighted by atomic mass is 10.0. The van der Waals surface area contributed by atoms with Gasteiger partial charge in [-0.1, -0.05) is 0 Å². The van der Waals surface area contributed by atoms with E-state index in [1.165, 1.54) is 40.9 Å². The summed E-state index contributed by atoms with van der Waals surface area (Å²) in [6, 6.07) is 6.15. The Morgan fingerprint density at radius 2 is 1.21 bits per heavy atom. The molecule has 0 radical (unpaired) electrons. The molecule has 2 aromatic heterocycles. The van der Waals surface area contributed by atoms with Gasteiger partial charge in [-0.2, -0.15) is 0 Å². The van der Waals surface area contributed by atoms with Gasteiger partial charge in [-0.15, -0.1) is 22.7 Å². The number of aryl methyl sites for hydroxylation is 2. The lowest BCUT2D eigenvalue weighted by Gasteiger charge is -2.06. The van der Waals surface area contributed by atoms with Gasteiger partial charge in [0.25, 0.3) is 0 Å². The smallest absolute Gasteiger partial charge is 0.189 e. The molecule has 0 aliphatic heterocycles. The van der Waals surface area contributed by atoms with Crippen molar-refractivity contribution in [2.45, 2.75) is 13.8 Å². The SMILES string of the molecule is Cc1ccsc1/C=C/C(=O)c1cc(C(=O)/C=C/c2sccc2C)c(O)cc1O. The molecule has 0 bridgehead atoms. The molecule has 2 heterocycles. The van der Waals surface area contributed by atoms with Crippen LogP contribution in [0.3, 0.4) is 0 Å². The first kappa shape index (κ1) is 19.8. The van der Waals surface area contributed by atoms with E-state index in [0.717, 1.165) is 26.9 Å². The average molecular weight is 411 g/mol. The van der Waals surface area contributed by atoms with Crippen LogP contribution in [-0.4, -0.2) is 21.8 Å². The van der Waals surface area contributed by atoms with E-state index in [-0.39, 0.29) is 22.6 Å². The molecule has 0 spiro atoms. The second-order valence-electron chi connectivity index (χ2n) is 6.22. The Labute approximate surface area is 170 Å². The van der Waals surface area contributed by atoms with Crippen molar-refractivity contribution in [2.24, 2.45) is 0 Å². The fourth-order valence-electron chi connectivity index (χ4n) is 2.56. The molecule has 0 aliphatic rings. The molecule has 0 atom stereocenters. The summed E-state index contributed by atoms with van der Waals surface area (Å²) >= 11 is 3.01. The molecule has 0 saturated heterocycles. The molecule has 28 heavy (non-hydrogen) atoms. The van der Waals surface area contributed by atoms with E-state index in [4.69, 9.17) is 0 Å². The van der Waals surface area contributed by atoms with Gasteiger partial charge in [0.05, 0.1) is 11.1 Å². The van der Waals surface area contributed by atoms with Crippen LogP contribution < -0.4 is 0 Å². The van der Waals surface area contributed by atoms with Crippen molar-refractivity contribution in [3.05, 3.63) is 79.2 Å². The minimum atomic E-state index is -0.447. The van der Waals surface area contributed by atoms with Crippen molar-refractivity contribution in [3.63, 3.8) is 0 Å². The minimum Gasteiger partial charge on any atom is -0.507 e. The second-order valence-corrected chi connectivity index (χ2v) is 8.11. The maximum Gasteiger partial charge on any atom is 0.189 e. The number of aromatic hydroxyl groups is 2. The molecular formula is C22H18O4S2. The van der Waals surface area contributed by atoms with Gasteiger partial charge in [0.1, 0.15) is 11.5 Å². The van der Waals surface area contributed by atoms with E-state index in [1.54, 1.807) is 12.2 Å². The predicted octanol–water partition coefficient (Wildman–Crippen LogP) is 5.63. The van der Waals surface area contributed by atoms with Crippen molar-refractivity contribution in [2.75, 3.05) is 0 Å². The minimum absolute atomic E-state index is 0.0349. The van der Waals surface area contributed by atoms with E-state index in [9.17, 15) is 19.8 Å². The number of thiophene rings is 2. The number of hydrogen-bond donors (Lipinski definition) is 2. The number of hydrogen-bond acceptors (Lipinski definition) is 6. The molecule has 3 aromatic rings. The highest BCUT2D eigenvalue weighted by atomic mass is 32.1. The summed E-state index contributed by atoms with van der Waals surface area (Å²) in [5.41, 5.74) is 2.03. The lowest BCUT2D eigenvalue weighted by molar-refractivity contribution is 0.104. The summed E-state index contributed by atoms with van der Waals surface area (Å²) in [5, 5.41) is 24.0. The number of rotatable bonds is 6. The van der Waals surface area contributed by atoms with Gasteiger partial charge in [0, 0.05) is 15.8 Å².